The van der Waals surface area contributed by atoms with Gasteiger partial charge in [0.1, 0.15) is 5.75 Å². The van der Waals surface area contributed by atoms with Gasteiger partial charge in [0.15, 0.2) is 0 Å². The second-order valence-corrected chi connectivity index (χ2v) is 16.5. The van der Waals surface area contributed by atoms with Gasteiger partial charge in [0.05, 0.1) is 18.0 Å². The second kappa shape index (κ2) is 30.6. The van der Waals surface area contributed by atoms with Gasteiger partial charge in [-0.05, 0) is 74.6 Å². The molecule has 0 bridgehead atoms. The summed E-state index contributed by atoms with van der Waals surface area (Å²) in [5.41, 5.74) is 12.1. The summed E-state index contributed by atoms with van der Waals surface area (Å²) < 4.78 is 6.69. The van der Waals surface area contributed by atoms with E-state index in [4.69, 9.17) is 9.73 Å². The van der Waals surface area contributed by atoms with Crippen molar-refractivity contribution in [3.8, 4) is 28.0 Å². The van der Waals surface area contributed by atoms with Gasteiger partial charge in [-0.15, -0.1) is 6.21 Å². The number of hydrogen-bond acceptors (Lipinski definition) is 4. The van der Waals surface area contributed by atoms with Gasteiger partial charge in [-0.25, -0.2) is 0 Å². The monoisotopic (exact) mass is 861 g/mol. The standard InChI is InChI=1S/C45H60N2O.C11H14N.Fe/c1-3-4-5-6-7-8-9-10-11-12-13-14-15-16-17-18-19-26-34-48-45-43(39-28-22-20-23-29-39)35-42(36-44(45)40-30-24-21-25-31-40)47-38(2)41-32-27-33-46-37-41;1-5-12-11-9(3)6-8(2)7-10(11)4;/h20-25,27-33,35-37H,3-19,26,34H2,1-2H3;5-7H,1H2,2-4H3;/q;-1;. The first kappa shape index (κ1) is 50.9. The number of benzene rings is 4. The number of rotatable bonds is 25. The topological polar surface area (TPSA) is 46.8 Å². The molecule has 5 heteroatoms. The van der Waals surface area contributed by atoms with E-state index >= 15 is 0 Å². The third-order valence-electron chi connectivity index (χ3n) is 11.2. The van der Waals surface area contributed by atoms with E-state index in [9.17, 15) is 0 Å². The second-order valence-electron chi connectivity index (χ2n) is 16.5. The summed E-state index contributed by atoms with van der Waals surface area (Å²) in [6, 6.07) is 33.8. The van der Waals surface area contributed by atoms with Gasteiger partial charge in [0, 0.05) is 51.9 Å². The molecular weight excluding hydrogens is 786 g/mol. The molecule has 4 nitrogen and oxygen atoms in total. The average molecular weight is 861 g/mol. The fourth-order valence-electron chi connectivity index (χ4n) is 7.98. The Balaban J connectivity index is 0.000000656. The van der Waals surface area contributed by atoms with Crippen LogP contribution in [0.15, 0.2) is 119 Å². The van der Waals surface area contributed by atoms with Gasteiger partial charge in [0.25, 0.3) is 0 Å². The molecule has 0 saturated heterocycles. The van der Waals surface area contributed by atoms with Crippen LogP contribution < -0.4 is 4.74 Å². The first-order valence-electron chi connectivity index (χ1n) is 23.2. The van der Waals surface area contributed by atoms with Gasteiger partial charge in [-0.1, -0.05) is 201 Å². The number of unbranched alkanes of at least 4 members (excludes halogenated alkanes) is 17. The first-order chi connectivity index (χ1) is 29.4. The maximum atomic E-state index is 6.69. The molecule has 0 fully saturated rings. The number of pyridine rings is 1. The molecule has 0 radical (unpaired) electrons. The molecule has 0 aliphatic rings. The summed E-state index contributed by atoms with van der Waals surface area (Å²) in [4.78, 5) is 13.6. The molecule has 0 aliphatic carbocycles. The first-order valence-corrected chi connectivity index (χ1v) is 23.2. The van der Waals surface area contributed by atoms with Crippen molar-refractivity contribution < 1.29 is 21.8 Å². The Hall–Kier alpha value is -4.44. The molecule has 61 heavy (non-hydrogen) atoms. The van der Waals surface area contributed by atoms with Crippen molar-refractivity contribution in [2.24, 2.45) is 9.98 Å². The smallest absolute Gasteiger partial charge is 0.135 e. The Labute approximate surface area is 381 Å². The molecule has 5 aromatic rings. The summed E-state index contributed by atoms with van der Waals surface area (Å²) in [5.74, 6) is 0.942. The number of aryl methyl sites for hydroxylation is 3. The van der Waals surface area contributed by atoms with E-state index in [1.807, 2.05) is 19.2 Å². The maximum Gasteiger partial charge on any atom is 0.135 e. The van der Waals surface area contributed by atoms with Crippen molar-refractivity contribution in [2.75, 3.05) is 6.61 Å². The van der Waals surface area contributed by atoms with Crippen molar-refractivity contribution in [3.05, 3.63) is 139 Å². The normalized spacial score (nSPS) is 11.3. The molecule has 0 atom stereocenters. The van der Waals surface area contributed by atoms with Crippen LogP contribution >= 0.6 is 0 Å². The average Bonchev–Trinajstić information content (AvgIpc) is 3.27. The van der Waals surface area contributed by atoms with Crippen LogP contribution in [0.3, 0.4) is 0 Å². The zero-order valence-corrected chi connectivity index (χ0v) is 39.3. The number of nitrogens with zero attached hydrogens (tertiary/aromatic N) is 3. The van der Waals surface area contributed by atoms with E-state index in [-0.39, 0.29) is 17.1 Å². The Morgan fingerprint density at radius 2 is 1.07 bits per heavy atom. The van der Waals surface area contributed by atoms with Crippen molar-refractivity contribution in [3.63, 3.8) is 0 Å². The zero-order chi connectivity index (χ0) is 42.6. The van der Waals surface area contributed by atoms with Gasteiger partial charge < -0.3 is 11.7 Å². The van der Waals surface area contributed by atoms with Crippen molar-refractivity contribution >= 4 is 23.3 Å². The fraction of sp³-hybridized carbons (Fsp3) is 0.429. The Kier molecular flexibility index (Phi) is 25.5. The van der Waals surface area contributed by atoms with Crippen LogP contribution in [-0.4, -0.2) is 23.5 Å². The third-order valence-corrected chi connectivity index (χ3v) is 11.2. The molecule has 0 saturated carbocycles. The summed E-state index contributed by atoms with van der Waals surface area (Å²) in [6.07, 6.45) is 30.1. The molecule has 0 amide bonds. The SMILES string of the molecule is CCCCCCCCCCCCCCCCCCCCOc1c(-c2ccccc2)cc(N=C(C)c2cccnc2)cc1-c1ccccc1.[CH2-]C=Nc1c(C)cc(C)cc1C.[Fe]. The maximum absolute atomic E-state index is 6.69. The summed E-state index contributed by atoms with van der Waals surface area (Å²) in [6.45, 7) is 14.9. The number of ether oxygens (including phenoxy) is 1. The van der Waals surface area contributed by atoms with Crippen molar-refractivity contribution in [1.29, 1.82) is 0 Å². The molecular formula is C56H74FeN3O-. The molecule has 0 unspecified atom stereocenters. The van der Waals surface area contributed by atoms with Crippen LogP contribution in [0.2, 0.25) is 0 Å². The largest absolute Gasteiger partial charge is 0.492 e. The van der Waals surface area contributed by atoms with Gasteiger partial charge in [0.2, 0.25) is 0 Å². The van der Waals surface area contributed by atoms with Crippen LogP contribution in [-0.2, 0) is 17.1 Å². The zero-order valence-electron chi connectivity index (χ0n) is 38.2. The van der Waals surface area contributed by atoms with Gasteiger partial charge in [-0.2, -0.15) is 0 Å². The number of aromatic nitrogens is 1. The van der Waals surface area contributed by atoms with Crippen LogP contribution in [0.4, 0.5) is 11.4 Å². The molecule has 0 spiro atoms. The fourth-order valence-corrected chi connectivity index (χ4v) is 7.98. The van der Waals surface area contributed by atoms with Crippen molar-refractivity contribution in [2.45, 2.75) is 150 Å². The summed E-state index contributed by atoms with van der Waals surface area (Å²) in [7, 11) is 0. The predicted molar refractivity (Wildman–Crippen MR) is 262 cm³/mol. The van der Waals surface area contributed by atoms with Crippen LogP contribution in [0.1, 0.15) is 152 Å². The van der Waals surface area contributed by atoms with E-state index in [2.05, 4.69) is 136 Å². The van der Waals surface area contributed by atoms with Crippen LogP contribution in [0, 0.1) is 27.7 Å². The minimum absolute atomic E-state index is 0. The molecule has 0 aliphatic heterocycles. The van der Waals surface area contributed by atoms with E-state index in [1.54, 1.807) is 12.4 Å². The van der Waals surface area contributed by atoms with Gasteiger partial charge >= 0.3 is 0 Å². The third kappa shape index (κ3) is 19.0. The van der Waals surface area contributed by atoms with E-state index in [0.29, 0.717) is 0 Å². The predicted octanol–water partition coefficient (Wildman–Crippen LogP) is 17.1. The molecule has 328 valence electrons. The van der Waals surface area contributed by atoms with Crippen LogP contribution in [0.25, 0.3) is 22.3 Å². The number of aliphatic imine (C=N–C) groups is 2. The van der Waals surface area contributed by atoms with E-state index < -0.39 is 0 Å². The molecule has 1 heterocycles. The summed E-state index contributed by atoms with van der Waals surface area (Å²) in [5, 5.41) is 0. The molecule has 0 N–H and O–H groups in total. The van der Waals surface area contributed by atoms with E-state index in [0.717, 1.165) is 63.7 Å². The quantitative estimate of drug-likeness (QED) is 0.0254. The van der Waals surface area contributed by atoms with Gasteiger partial charge in [-0.3, -0.25) is 15.0 Å². The Morgan fingerprint density at radius 1 is 0.607 bits per heavy atom. The van der Waals surface area contributed by atoms with Crippen molar-refractivity contribution in [1.82, 2.24) is 4.98 Å². The Bertz CT molecular complexity index is 1890. The number of hydrogen-bond donors (Lipinski definition) is 0. The minimum atomic E-state index is 0. The molecule has 4 aromatic carbocycles. The summed E-state index contributed by atoms with van der Waals surface area (Å²) >= 11 is 0. The van der Waals surface area contributed by atoms with Crippen LogP contribution in [0.5, 0.6) is 5.75 Å². The van der Waals surface area contributed by atoms with E-state index in [1.165, 1.54) is 126 Å². The minimum Gasteiger partial charge on any atom is -0.492 e. The molecule has 1 aromatic heterocycles. The molecule has 5 rings (SSSR count). The Morgan fingerprint density at radius 3 is 1.49 bits per heavy atom.